The van der Waals surface area contributed by atoms with E-state index in [-0.39, 0.29) is 11.9 Å². The second kappa shape index (κ2) is 6.36. The van der Waals surface area contributed by atoms with Gasteiger partial charge in [0, 0.05) is 18.7 Å². The first-order valence-electron chi connectivity index (χ1n) is 5.64. The third-order valence-corrected chi connectivity index (χ3v) is 2.64. The molecule has 0 spiro atoms. The Morgan fingerprint density at radius 3 is 2.29 bits per heavy atom. The van der Waals surface area contributed by atoms with E-state index in [1.54, 1.807) is 4.90 Å². The summed E-state index contributed by atoms with van der Waals surface area (Å²) in [6.45, 7) is 4.45. The number of carbonyl (C=O) groups is 2. The lowest BCUT2D eigenvalue weighted by atomic mass is 10.2. The van der Waals surface area contributed by atoms with Crippen molar-refractivity contribution in [2.75, 3.05) is 11.4 Å². The standard InChI is InChI=1S/C10H11N2O2P.C2H6/c13-9-5-6-12(10(14)11-9)7-1-3-8(15)4-2-7;1-2/h1-4H,5-6,15H2,(H,11,13,14);1-2H3. The first-order valence-corrected chi connectivity index (χ1v) is 6.21. The monoisotopic (exact) mass is 252 g/mol. The highest BCUT2D eigenvalue weighted by molar-refractivity contribution is 7.27. The number of hydrogen-bond donors (Lipinski definition) is 1. The topological polar surface area (TPSA) is 49.4 Å². The van der Waals surface area contributed by atoms with Crippen molar-refractivity contribution in [3.63, 3.8) is 0 Å². The minimum absolute atomic E-state index is 0.209. The number of nitrogens with one attached hydrogen (secondary N) is 1. The van der Waals surface area contributed by atoms with Crippen LogP contribution in [0.1, 0.15) is 20.3 Å². The fourth-order valence-corrected chi connectivity index (χ4v) is 1.66. The maximum absolute atomic E-state index is 11.5. The molecule has 0 bridgehead atoms. The van der Waals surface area contributed by atoms with Crippen LogP contribution in [0.25, 0.3) is 0 Å². The smallest absolute Gasteiger partial charge is 0.294 e. The van der Waals surface area contributed by atoms with Crippen LogP contribution < -0.4 is 15.5 Å². The first kappa shape index (κ1) is 13.7. The average molecular weight is 252 g/mol. The zero-order valence-electron chi connectivity index (χ0n) is 10.1. The van der Waals surface area contributed by atoms with Crippen molar-refractivity contribution in [1.29, 1.82) is 0 Å². The molecule has 0 aliphatic carbocycles. The molecule has 2 rings (SSSR count). The summed E-state index contributed by atoms with van der Waals surface area (Å²) in [5.74, 6) is -0.209. The molecule has 1 atom stereocenters. The molecule has 92 valence electrons. The molecule has 5 heteroatoms. The average Bonchev–Trinajstić information content (AvgIpc) is 2.33. The van der Waals surface area contributed by atoms with E-state index in [9.17, 15) is 9.59 Å². The maximum atomic E-state index is 11.5. The van der Waals surface area contributed by atoms with Gasteiger partial charge >= 0.3 is 6.03 Å². The van der Waals surface area contributed by atoms with Crippen LogP contribution in [-0.2, 0) is 4.79 Å². The molecule has 1 fully saturated rings. The summed E-state index contributed by atoms with van der Waals surface area (Å²) in [6, 6.07) is 7.19. The SMILES string of the molecule is CC.O=C1CCN(c2ccc(P)cc2)C(=O)N1. The van der Waals surface area contributed by atoms with Gasteiger partial charge in [0.05, 0.1) is 0 Å². The molecular weight excluding hydrogens is 235 g/mol. The van der Waals surface area contributed by atoms with E-state index in [0.29, 0.717) is 13.0 Å². The van der Waals surface area contributed by atoms with Gasteiger partial charge in [0.25, 0.3) is 0 Å². The molecule has 4 nitrogen and oxygen atoms in total. The fourth-order valence-electron chi connectivity index (χ4n) is 1.46. The van der Waals surface area contributed by atoms with E-state index in [1.807, 2.05) is 38.1 Å². The van der Waals surface area contributed by atoms with Crippen molar-refractivity contribution in [2.45, 2.75) is 20.3 Å². The van der Waals surface area contributed by atoms with E-state index >= 15 is 0 Å². The summed E-state index contributed by atoms with van der Waals surface area (Å²) < 4.78 is 0. The highest BCUT2D eigenvalue weighted by Crippen LogP contribution is 2.15. The van der Waals surface area contributed by atoms with Gasteiger partial charge in [0.15, 0.2) is 0 Å². The van der Waals surface area contributed by atoms with Crippen molar-refractivity contribution < 1.29 is 9.59 Å². The minimum atomic E-state index is -0.345. The number of urea groups is 1. The fraction of sp³-hybridized carbons (Fsp3) is 0.333. The van der Waals surface area contributed by atoms with Crippen LogP contribution in [0.2, 0.25) is 0 Å². The van der Waals surface area contributed by atoms with Crippen molar-refractivity contribution in [2.24, 2.45) is 0 Å². The number of rotatable bonds is 1. The number of anilines is 1. The molecule has 1 saturated heterocycles. The number of amides is 3. The van der Waals surface area contributed by atoms with Crippen molar-refractivity contribution in [3.05, 3.63) is 24.3 Å². The molecule has 1 aromatic carbocycles. The zero-order chi connectivity index (χ0) is 12.8. The Morgan fingerprint density at radius 2 is 1.76 bits per heavy atom. The zero-order valence-corrected chi connectivity index (χ0v) is 11.2. The summed E-state index contributed by atoms with van der Waals surface area (Å²) in [5, 5.41) is 3.35. The number of nitrogens with zero attached hydrogens (tertiary/aromatic N) is 1. The van der Waals surface area contributed by atoms with Gasteiger partial charge in [0.2, 0.25) is 5.91 Å². The summed E-state index contributed by atoms with van der Waals surface area (Å²) in [7, 11) is 2.58. The van der Waals surface area contributed by atoms with Gasteiger partial charge in [-0.1, -0.05) is 26.0 Å². The predicted molar refractivity (Wildman–Crippen MR) is 72.6 cm³/mol. The van der Waals surface area contributed by atoms with Gasteiger partial charge in [-0.2, -0.15) is 0 Å². The van der Waals surface area contributed by atoms with Crippen molar-refractivity contribution >= 4 is 32.2 Å². The molecule has 1 N–H and O–H groups in total. The van der Waals surface area contributed by atoms with Gasteiger partial charge in [-0.05, 0) is 17.4 Å². The van der Waals surface area contributed by atoms with Gasteiger partial charge in [-0.15, -0.1) is 9.24 Å². The van der Waals surface area contributed by atoms with Crippen molar-refractivity contribution in [3.8, 4) is 0 Å². The molecule has 3 amide bonds. The Morgan fingerprint density at radius 1 is 1.18 bits per heavy atom. The van der Waals surface area contributed by atoms with Crippen LogP contribution in [0, 0.1) is 0 Å². The molecule has 0 radical (unpaired) electrons. The van der Waals surface area contributed by atoms with E-state index < -0.39 is 0 Å². The molecule has 0 saturated carbocycles. The Hall–Kier alpha value is -1.41. The molecule has 1 unspecified atom stereocenters. The normalized spacial score (nSPS) is 14.9. The Kier molecular flexibility index (Phi) is 5.11. The molecule has 1 aliphatic heterocycles. The van der Waals surface area contributed by atoms with Crippen LogP contribution in [0.5, 0.6) is 0 Å². The molecule has 1 aromatic rings. The quantitative estimate of drug-likeness (QED) is 0.773. The predicted octanol–water partition coefficient (Wildman–Crippen LogP) is 1.66. The molecule has 1 heterocycles. The second-order valence-corrected chi connectivity index (χ2v) is 4.01. The van der Waals surface area contributed by atoms with Crippen molar-refractivity contribution in [1.82, 2.24) is 5.32 Å². The third kappa shape index (κ3) is 3.53. The summed E-state index contributed by atoms with van der Waals surface area (Å²) >= 11 is 0. The van der Waals surface area contributed by atoms with Gasteiger partial charge in [0.1, 0.15) is 0 Å². The molecule has 17 heavy (non-hydrogen) atoms. The van der Waals surface area contributed by atoms with E-state index in [1.165, 1.54) is 0 Å². The van der Waals surface area contributed by atoms with E-state index in [2.05, 4.69) is 14.6 Å². The Labute approximate surface area is 104 Å². The highest BCUT2D eigenvalue weighted by Gasteiger charge is 2.23. The number of benzene rings is 1. The van der Waals surface area contributed by atoms with E-state index in [0.717, 1.165) is 11.0 Å². The maximum Gasteiger partial charge on any atom is 0.328 e. The van der Waals surface area contributed by atoms with Gasteiger partial charge in [-0.3, -0.25) is 15.0 Å². The lowest BCUT2D eigenvalue weighted by molar-refractivity contribution is -0.120. The lowest BCUT2D eigenvalue weighted by Gasteiger charge is -2.26. The third-order valence-electron chi connectivity index (χ3n) is 2.26. The minimum Gasteiger partial charge on any atom is -0.294 e. The van der Waals surface area contributed by atoms with Crippen LogP contribution in [0.4, 0.5) is 10.5 Å². The van der Waals surface area contributed by atoms with Crippen LogP contribution >= 0.6 is 9.24 Å². The number of hydrogen-bond acceptors (Lipinski definition) is 2. The van der Waals surface area contributed by atoms with Gasteiger partial charge in [-0.25, -0.2) is 4.79 Å². The largest absolute Gasteiger partial charge is 0.328 e. The Balaban J connectivity index is 0.000000686. The molecular formula is C12H17N2O2P. The summed E-state index contributed by atoms with van der Waals surface area (Å²) in [6.07, 6.45) is 0.356. The van der Waals surface area contributed by atoms with Crippen LogP contribution in [0.15, 0.2) is 24.3 Å². The molecule has 1 aliphatic rings. The van der Waals surface area contributed by atoms with Gasteiger partial charge < -0.3 is 0 Å². The number of carbonyl (C=O) groups excluding carboxylic acids is 2. The van der Waals surface area contributed by atoms with Crippen LogP contribution in [-0.4, -0.2) is 18.5 Å². The lowest BCUT2D eigenvalue weighted by Crippen LogP contribution is -2.49. The highest BCUT2D eigenvalue weighted by atomic mass is 31.0. The second-order valence-electron chi connectivity index (χ2n) is 3.35. The summed E-state index contributed by atoms with van der Waals surface area (Å²) in [5.41, 5.74) is 0.811. The Bertz CT molecular complexity index is 403. The molecule has 0 aromatic heterocycles. The number of imide groups is 1. The van der Waals surface area contributed by atoms with E-state index in [4.69, 9.17) is 0 Å². The van der Waals surface area contributed by atoms with Crippen LogP contribution in [0.3, 0.4) is 0 Å². The summed E-state index contributed by atoms with van der Waals surface area (Å²) in [4.78, 5) is 24.0. The first-order chi connectivity index (χ1) is 8.16.